The van der Waals surface area contributed by atoms with Gasteiger partial charge in [0.25, 0.3) is 5.56 Å². The summed E-state index contributed by atoms with van der Waals surface area (Å²) in [7, 11) is 0. The molecule has 7 heteroatoms. The molecule has 4 aromatic rings. The number of aromatic nitrogens is 3. The van der Waals surface area contributed by atoms with Crippen LogP contribution in [-0.2, 0) is 24.2 Å². The zero-order valence-corrected chi connectivity index (χ0v) is 19.7. The Hall–Kier alpha value is -4.00. The SMILES string of the molecule is O=C(CCc1nc2ccccc2n(CCc2ccccc2)c1=O)N1CCN(c2ccncc2)CC1. The molecule has 0 unspecified atom stereocenters. The number of piperazine rings is 1. The second kappa shape index (κ2) is 10.5. The molecule has 1 amide bonds. The van der Waals surface area contributed by atoms with Crippen molar-refractivity contribution in [3.8, 4) is 0 Å². The summed E-state index contributed by atoms with van der Waals surface area (Å²) in [4.78, 5) is 39.2. The van der Waals surface area contributed by atoms with Crippen LogP contribution in [0.2, 0.25) is 0 Å². The standard InChI is InChI=1S/C28H29N5O2/c34-27(32-20-18-31(19-21-32)23-12-15-29-16-13-23)11-10-25-28(35)33(17-14-22-6-2-1-3-7-22)26-9-5-4-8-24(26)30-25/h1-9,12-13,15-16H,10-11,14,17-21H2. The summed E-state index contributed by atoms with van der Waals surface area (Å²) in [6.07, 6.45) is 4.97. The van der Waals surface area contributed by atoms with Crippen molar-refractivity contribution in [1.29, 1.82) is 0 Å². The molecule has 5 rings (SSSR count). The van der Waals surface area contributed by atoms with Gasteiger partial charge in [0, 0.05) is 63.6 Å². The summed E-state index contributed by atoms with van der Waals surface area (Å²) in [5.41, 5.74) is 4.28. The van der Waals surface area contributed by atoms with Gasteiger partial charge in [-0.25, -0.2) is 4.98 Å². The maximum Gasteiger partial charge on any atom is 0.272 e. The Balaban J connectivity index is 1.26. The van der Waals surface area contributed by atoms with Gasteiger partial charge in [-0.05, 0) is 36.2 Å². The number of hydrogen-bond donors (Lipinski definition) is 0. The minimum Gasteiger partial charge on any atom is -0.368 e. The fraction of sp³-hybridized carbons (Fsp3) is 0.286. The van der Waals surface area contributed by atoms with Gasteiger partial charge in [0.2, 0.25) is 5.91 Å². The van der Waals surface area contributed by atoms with E-state index in [4.69, 9.17) is 0 Å². The average molecular weight is 468 g/mol. The van der Waals surface area contributed by atoms with E-state index in [0.29, 0.717) is 31.7 Å². The van der Waals surface area contributed by atoms with E-state index in [1.165, 1.54) is 5.56 Å². The second-order valence-electron chi connectivity index (χ2n) is 8.81. The Kier molecular flexibility index (Phi) is 6.84. The zero-order valence-electron chi connectivity index (χ0n) is 19.7. The predicted molar refractivity (Wildman–Crippen MR) is 137 cm³/mol. The molecule has 0 spiro atoms. The highest BCUT2D eigenvalue weighted by molar-refractivity contribution is 5.77. The van der Waals surface area contributed by atoms with Crippen LogP contribution in [0.3, 0.4) is 0 Å². The molecule has 2 aromatic heterocycles. The van der Waals surface area contributed by atoms with Gasteiger partial charge in [-0.15, -0.1) is 0 Å². The number of aryl methyl sites for hydroxylation is 3. The Morgan fingerprint density at radius 1 is 0.829 bits per heavy atom. The molecule has 0 aliphatic carbocycles. The molecule has 0 radical (unpaired) electrons. The third kappa shape index (κ3) is 5.24. The first-order valence-electron chi connectivity index (χ1n) is 12.1. The van der Waals surface area contributed by atoms with E-state index in [1.54, 1.807) is 12.4 Å². The molecule has 3 heterocycles. The third-order valence-electron chi connectivity index (χ3n) is 6.62. The maximum absolute atomic E-state index is 13.4. The van der Waals surface area contributed by atoms with Gasteiger partial charge in [-0.1, -0.05) is 42.5 Å². The first kappa shape index (κ1) is 22.8. The second-order valence-corrected chi connectivity index (χ2v) is 8.81. The molecule has 35 heavy (non-hydrogen) atoms. The van der Waals surface area contributed by atoms with Gasteiger partial charge >= 0.3 is 0 Å². The number of anilines is 1. The van der Waals surface area contributed by atoms with E-state index in [0.717, 1.165) is 36.2 Å². The minimum absolute atomic E-state index is 0.0737. The quantitative estimate of drug-likeness (QED) is 0.417. The Morgan fingerprint density at radius 2 is 1.54 bits per heavy atom. The smallest absolute Gasteiger partial charge is 0.272 e. The van der Waals surface area contributed by atoms with Crippen LogP contribution >= 0.6 is 0 Å². The highest BCUT2D eigenvalue weighted by Crippen LogP contribution is 2.16. The van der Waals surface area contributed by atoms with Crippen molar-refractivity contribution in [2.45, 2.75) is 25.8 Å². The first-order valence-corrected chi connectivity index (χ1v) is 12.1. The van der Waals surface area contributed by atoms with Crippen LogP contribution < -0.4 is 10.5 Å². The summed E-state index contributed by atoms with van der Waals surface area (Å²) in [5.74, 6) is 0.0737. The number of para-hydroxylation sites is 2. The van der Waals surface area contributed by atoms with Crippen LogP contribution in [0, 0.1) is 0 Å². The summed E-state index contributed by atoms with van der Waals surface area (Å²) < 4.78 is 1.81. The molecule has 1 fully saturated rings. The van der Waals surface area contributed by atoms with Gasteiger partial charge in [-0.2, -0.15) is 0 Å². The zero-order chi connectivity index (χ0) is 24.0. The molecule has 0 saturated carbocycles. The topological polar surface area (TPSA) is 71.3 Å². The molecule has 7 nitrogen and oxygen atoms in total. The predicted octanol–water partition coefficient (Wildman–Crippen LogP) is 3.32. The summed E-state index contributed by atoms with van der Waals surface area (Å²) in [6.45, 7) is 3.50. The molecule has 1 saturated heterocycles. The first-order chi connectivity index (χ1) is 17.2. The fourth-order valence-electron chi connectivity index (χ4n) is 4.67. The number of carbonyl (C=O) groups is 1. The van der Waals surface area contributed by atoms with Gasteiger partial charge in [0.05, 0.1) is 11.0 Å². The van der Waals surface area contributed by atoms with Gasteiger partial charge in [0.15, 0.2) is 0 Å². The normalized spacial score (nSPS) is 13.8. The highest BCUT2D eigenvalue weighted by Gasteiger charge is 2.22. The van der Waals surface area contributed by atoms with Crippen molar-refractivity contribution in [3.05, 3.63) is 101 Å². The van der Waals surface area contributed by atoms with Crippen LogP contribution in [0.15, 0.2) is 83.9 Å². The number of rotatable bonds is 7. The average Bonchev–Trinajstić information content (AvgIpc) is 2.92. The number of fused-ring (bicyclic) bond motifs is 1. The van der Waals surface area contributed by atoms with Crippen LogP contribution in [0.1, 0.15) is 17.7 Å². The van der Waals surface area contributed by atoms with E-state index < -0.39 is 0 Å². The lowest BCUT2D eigenvalue weighted by molar-refractivity contribution is -0.131. The van der Waals surface area contributed by atoms with E-state index in [1.807, 2.05) is 64.1 Å². The van der Waals surface area contributed by atoms with Crippen LogP contribution in [0.5, 0.6) is 0 Å². The van der Waals surface area contributed by atoms with E-state index in [9.17, 15) is 9.59 Å². The van der Waals surface area contributed by atoms with Crippen molar-refractivity contribution >= 4 is 22.6 Å². The van der Waals surface area contributed by atoms with Gasteiger partial charge in [0.1, 0.15) is 5.69 Å². The van der Waals surface area contributed by atoms with Crippen molar-refractivity contribution < 1.29 is 4.79 Å². The van der Waals surface area contributed by atoms with Crippen molar-refractivity contribution in [2.24, 2.45) is 0 Å². The summed E-state index contributed by atoms with van der Waals surface area (Å²) in [6, 6.07) is 21.9. The number of hydrogen-bond acceptors (Lipinski definition) is 5. The lowest BCUT2D eigenvalue weighted by atomic mass is 10.1. The van der Waals surface area contributed by atoms with E-state index in [2.05, 4.69) is 27.0 Å². The van der Waals surface area contributed by atoms with Crippen molar-refractivity contribution in [3.63, 3.8) is 0 Å². The lowest BCUT2D eigenvalue weighted by Gasteiger charge is -2.36. The molecule has 178 valence electrons. The number of benzene rings is 2. The van der Waals surface area contributed by atoms with Crippen LogP contribution in [-0.4, -0.2) is 51.5 Å². The number of nitrogens with zero attached hydrogens (tertiary/aromatic N) is 5. The van der Waals surface area contributed by atoms with Crippen LogP contribution in [0.4, 0.5) is 5.69 Å². The Morgan fingerprint density at radius 3 is 2.31 bits per heavy atom. The molecule has 0 bridgehead atoms. The molecule has 0 atom stereocenters. The maximum atomic E-state index is 13.4. The van der Waals surface area contributed by atoms with Gasteiger partial charge < -0.3 is 14.4 Å². The van der Waals surface area contributed by atoms with E-state index >= 15 is 0 Å². The number of carbonyl (C=O) groups excluding carboxylic acids is 1. The monoisotopic (exact) mass is 467 g/mol. The number of amides is 1. The minimum atomic E-state index is -0.102. The lowest BCUT2D eigenvalue weighted by Crippen LogP contribution is -2.49. The summed E-state index contributed by atoms with van der Waals surface area (Å²) in [5, 5.41) is 0. The molecular weight excluding hydrogens is 438 g/mol. The molecular formula is C28H29N5O2. The highest BCUT2D eigenvalue weighted by atomic mass is 16.2. The molecule has 1 aliphatic heterocycles. The molecule has 0 N–H and O–H groups in total. The van der Waals surface area contributed by atoms with Crippen LogP contribution in [0.25, 0.3) is 11.0 Å². The van der Waals surface area contributed by atoms with Crippen molar-refractivity contribution in [2.75, 3.05) is 31.1 Å². The largest absolute Gasteiger partial charge is 0.368 e. The molecule has 1 aliphatic rings. The Labute approximate surface area is 204 Å². The number of pyridine rings is 1. The fourth-order valence-corrected chi connectivity index (χ4v) is 4.67. The van der Waals surface area contributed by atoms with E-state index in [-0.39, 0.29) is 17.9 Å². The third-order valence-corrected chi connectivity index (χ3v) is 6.62. The van der Waals surface area contributed by atoms with Gasteiger partial charge in [-0.3, -0.25) is 14.6 Å². The summed E-state index contributed by atoms with van der Waals surface area (Å²) >= 11 is 0. The Bertz CT molecular complexity index is 1350. The molecule has 2 aromatic carbocycles. The van der Waals surface area contributed by atoms with Crippen molar-refractivity contribution in [1.82, 2.24) is 19.4 Å².